The van der Waals surface area contributed by atoms with Crippen molar-refractivity contribution in [1.82, 2.24) is 15.0 Å². The smallest absolute Gasteiger partial charge is 0.328 e. The average Bonchev–Trinajstić information content (AvgIpc) is 2.35. The van der Waals surface area contributed by atoms with Gasteiger partial charge in [0.05, 0.1) is 9.50 Å². The second-order valence-corrected chi connectivity index (χ2v) is 5.48. The van der Waals surface area contributed by atoms with Gasteiger partial charge in [0.2, 0.25) is 11.2 Å². The van der Waals surface area contributed by atoms with Gasteiger partial charge < -0.3 is 9.64 Å². The Labute approximate surface area is 132 Å². The van der Waals surface area contributed by atoms with Crippen molar-refractivity contribution >= 4 is 45.1 Å². The van der Waals surface area contributed by atoms with Crippen LogP contribution in [0.4, 0.5) is 10.3 Å². The Morgan fingerprint density at radius 2 is 1.90 bits per heavy atom. The molecule has 2 aromatic rings. The van der Waals surface area contributed by atoms with Crippen LogP contribution in [-0.4, -0.2) is 29.0 Å². The summed E-state index contributed by atoms with van der Waals surface area (Å²) in [5.74, 6) is -0.109. The zero-order chi connectivity index (χ0) is 14.9. The molecule has 0 aliphatic heterocycles. The van der Waals surface area contributed by atoms with Crippen LogP contribution in [-0.2, 0) is 0 Å². The van der Waals surface area contributed by atoms with E-state index in [1.165, 1.54) is 6.07 Å². The quantitative estimate of drug-likeness (QED) is 0.753. The zero-order valence-corrected chi connectivity index (χ0v) is 13.5. The highest BCUT2D eigenvalue weighted by atomic mass is 79.9. The minimum Gasteiger partial charge on any atom is -0.423 e. The number of aromatic nitrogens is 3. The summed E-state index contributed by atoms with van der Waals surface area (Å²) in [6, 6.07) is 2.46. The lowest BCUT2D eigenvalue weighted by Crippen LogP contribution is -2.13. The number of ether oxygens (including phenoxy) is 1. The second-order valence-electron chi connectivity index (χ2n) is 3.88. The Bertz CT molecular complexity index is 657. The number of halogens is 4. The lowest BCUT2D eigenvalue weighted by atomic mass is 10.3. The van der Waals surface area contributed by atoms with Crippen LogP contribution >= 0.6 is 39.1 Å². The van der Waals surface area contributed by atoms with Crippen LogP contribution in [0.1, 0.15) is 0 Å². The van der Waals surface area contributed by atoms with Crippen molar-refractivity contribution in [3.05, 3.63) is 32.7 Å². The molecule has 106 valence electrons. The third-order valence-electron chi connectivity index (χ3n) is 2.15. The van der Waals surface area contributed by atoms with Gasteiger partial charge in [0.1, 0.15) is 11.6 Å². The molecule has 2 rings (SSSR count). The van der Waals surface area contributed by atoms with Gasteiger partial charge in [-0.25, -0.2) is 4.39 Å². The molecular formula is C11H8BrCl2FN4O. The van der Waals surface area contributed by atoms with E-state index < -0.39 is 5.82 Å². The predicted octanol–water partition coefficient (Wildman–Crippen LogP) is 3.94. The standard InChI is InChI=1S/C11H8BrCl2FN4O/c1-19(2)10-16-9(14)17-11(18-10)20-8-4-7(15)6(13)3-5(8)12/h3-4H,1-2H3. The first kappa shape index (κ1) is 15.2. The van der Waals surface area contributed by atoms with Crippen molar-refractivity contribution < 1.29 is 9.13 Å². The first-order valence-electron chi connectivity index (χ1n) is 5.28. The van der Waals surface area contributed by atoms with Crippen LogP contribution in [0.15, 0.2) is 16.6 Å². The van der Waals surface area contributed by atoms with Crippen LogP contribution in [0.3, 0.4) is 0 Å². The van der Waals surface area contributed by atoms with Crippen molar-refractivity contribution in [3.8, 4) is 11.8 Å². The fourth-order valence-corrected chi connectivity index (χ4v) is 2.12. The van der Waals surface area contributed by atoms with E-state index in [4.69, 9.17) is 27.9 Å². The molecule has 20 heavy (non-hydrogen) atoms. The molecule has 1 heterocycles. The van der Waals surface area contributed by atoms with Crippen molar-refractivity contribution in [2.45, 2.75) is 0 Å². The highest BCUT2D eigenvalue weighted by Gasteiger charge is 2.13. The van der Waals surface area contributed by atoms with E-state index in [-0.39, 0.29) is 22.1 Å². The van der Waals surface area contributed by atoms with Gasteiger partial charge in [-0.05, 0) is 33.6 Å². The Kier molecular flexibility index (Phi) is 4.62. The summed E-state index contributed by atoms with van der Waals surface area (Å²) >= 11 is 14.6. The Balaban J connectivity index is 2.37. The maximum Gasteiger partial charge on any atom is 0.328 e. The molecule has 5 nitrogen and oxygen atoms in total. The van der Waals surface area contributed by atoms with Gasteiger partial charge in [-0.2, -0.15) is 15.0 Å². The molecule has 1 aromatic heterocycles. The Morgan fingerprint density at radius 1 is 1.20 bits per heavy atom. The minimum atomic E-state index is -0.613. The average molecular weight is 382 g/mol. The number of benzene rings is 1. The van der Waals surface area contributed by atoms with E-state index in [0.717, 1.165) is 6.07 Å². The van der Waals surface area contributed by atoms with Gasteiger partial charge in [0.15, 0.2) is 0 Å². The molecule has 0 radical (unpaired) electrons. The Morgan fingerprint density at radius 3 is 2.55 bits per heavy atom. The molecule has 0 bridgehead atoms. The van der Waals surface area contributed by atoms with Crippen LogP contribution < -0.4 is 9.64 Å². The fraction of sp³-hybridized carbons (Fsp3) is 0.182. The monoisotopic (exact) mass is 380 g/mol. The molecule has 0 saturated carbocycles. The first-order valence-corrected chi connectivity index (χ1v) is 6.83. The number of rotatable bonds is 3. The summed E-state index contributed by atoms with van der Waals surface area (Å²) in [4.78, 5) is 13.4. The number of nitrogens with zero attached hydrogens (tertiary/aromatic N) is 4. The van der Waals surface area contributed by atoms with Gasteiger partial charge in [-0.3, -0.25) is 0 Å². The lowest BCUT2D eigenvalue weighted by molar-refractivity contribution is 0.433. The zero-order valence-electron chi connectivity index (χ0n) is 10.4. The van der Waals surface area contributed by atoms with E-state index >= 15 is 0 Å². The van der Waals surface area contributed by atoms with E-state index in [0.29, 0.717) is 10.4 Å². The van der Waals surface area contributed by atoms with E-state index in [1.807, 2.05) is 0 Å². The van der Waals surface area contributed by atoms with Crippen LogP contribution in [0.2, 0.25) is 10.3 Å². The molecule has 0 fully saturated rings. The summed E-state index contributed by atoms with van der Waals surface area (Å²) in [7, 11) is 3.49. The molecule has 1 aromatic carbocycles. The number of hydrogen-bond donors (Lipinski definition) is 0. The maximum atomic E-state index is 13.4. The molecule has 9 heteroatoms. The molecule has 0 unspecified atom stereocenters. The molecule has 0 spiro atoms. The van der Waals surface area contributed by atoms with Crippen LogP contribution in [0.5, 0.6) is 11.8 Å². The van der Waals surface area contributed by atoms with Gasteiger partial charge in [0.25, 0.3) is 0 Å². The molecule has 0 atom stereocenters. The second kappa shape index (κ2) is 6.07. The highest BCUT2D eigenvalue weighted by Crippen LogP contribution is 2.33. The third-order valence-corrected chi connectivity index (χ3v) is 3.23. The van der Waals surface area contributed by atoms with Crippen molar-refractivity contribution in [2.24, 2.45) is 0 Å². The van der Waals surface area contributed by atoms with Crippen LogP contribution in [0.25, 0.3) is 0 Å². The Hall–Kier alpha value is -1.18. The summed E-state index contributed by atoms with van der Waals surface area (Å²) in [6.07, 6.45) is 0. The van der Waals surface area contributed by atoms with Crippen molar-refractivity contribution in [3.63, 3.8) is 0 Å². The topological polar surface area (TPSA) is 51.1 Å². The molecule has 0 aliphatic carbocycles. The number of hydrogen-bond acceptors (Lipinski definition) is 5. The normalized spacial score (nSPS) is 10.5. The summed E-state index contributed by atoms with van der Waals surface area (Å²) in [6.45, 7) is 0. The summed E-state index contributed by atoms with van der Waals surface area (Å²) in [5, 5.41) is -0.0452. The first-order chi connectivity index (χ1) is 9.36. The maximum absolute atomic E-state index is 13.4. The van der Waals surface area contributed by atoms with E-state index in [2.05, 4.69) is 30.9 Å². The largest absolute Gasteiger partial charge is 0.423 e. The SMILES string of the molecule is CN(C)c1nc(Cl)nc(Oc2cc(F)c(Cl)cc2Br)n1. The van der Waals surface area contributed by atoms with Crippen molar-refractivity contribution in [1.29, 1.82) is 0 Å². The minimum absolute atomic E-state index is 0.0214. The van der Waals surface area contributed by atoms with Gasteiger partial charge >= 0.3 is 6.01 Å². The summed E-state index contributed by atoms with van der Waals surface area (Å²) in [5.41, 5.74) is 0. The van der Waals surface area contributed by atoms with E-state index in [9.17, 15) is 4.39 Å². The van der Waals surface area contributed by atoms with E-state index in [1.54, 1.807) is 19.0 Å². The van der Waals surface area contributed by atoms with Gasteiger partial charge in [0, 0.05) is 20.2 Å². The molecule has 0 N–H and O–H groups in total. The number of anilines is 1. The van der Waals surface area contributed by atoms with Crippen molar-refractivity contribution in [2.75, 3.05) is 19.0 Å². The summed E-state index contributed by atoms with van der Waals surface area (Å²) < 4.78 is 19.3. The molecule has 0 saturated heterocycles. The third kappa shape index (κ3) is 3.47. The predicted molar refractivity (Wildman–Crippen MR) is 78.3 cm³/mol. The molecule has 0 aliphatic rings. The van der Waals surface area contributed by atoms with Gasteiger partial charge in [-0.1, -0.05) is 11.6 Å². The molecule has 0 amide bonds. The van der Waals surface area contributed by atoms with Gasteiger partial charge in [-0.15, -0.1) is 0 Å². The van der Waals surface area contributed by atoms with Crippen LogP contribution in [0, 0.1) is 5.82 Å². The lowest BCUT2D eigenvalue weighted by Gasteiger charge is -2.12. The molecular weight excluding hydrogens is 374 g/mol. The fourth-order valence-electron chi connectivity index (χ4n) is 1.25. The highest BCUT2D eigenvalue weighted by molar-refractivity contribution is 9.10.